The molecule has 0 aliphatic heterocycles. The number of hydrogen-bond acceptors (Lipinski definition) is 6. The van der Waals surface area contributed by atoms with Gasteiger partial charge in [0, 0.05) is 0 Å². The fourth-order valence-electron chi connectivity index (χ4n) is 1.64. The molecular weight excluding hydrogens is 426 g/mol. The average Bonchev–Trinajstić information content (AvgIpc) is 2.52. The first-order chi connectivity index (χ1) is 12.6. The standard InChI is InChI=1S/C9H12NO6P.C3H8NO6P/c11-7-3-1-6(2-4-7)5-8(9(12)13)10-17(14,15)16;5-1-2(3(6)7)4-11(8,9)10/h1-4,8,11H,5H2,(H,12,13)(H3,10,14,15,16);2,5H,1H2,(H,6,7)(H3,4,8,9,10). The van der Waals surface area contributed by atoms with Gasteiger partial charge in [-0.15, -0.1) is 0 Å². The maximum atomic E-state index is 10.8. The zero-order chi connectivity index (χ0) is 22.1. The number of benzene rings is 1. The molecule has 0 aliphatic rings. The van der Waals surface area contributed by atoms with E-state index in [4.69, 9.17) is 40.0 Å². The molecule has 1 aromatic carbocycles. The molecule has 0 amide bonds. The third-order valence-corrected chi connectivity index (χ3v) is 4.10. The SMILES string of the molecule is O=C(O)C(CO)NP(=O)(O)O.O=C(O)C(Cc1ccc(O)cc1)NP(=O)(O)O. The van der Waals surface area contributed by atoms with E-state index in [0.29, 0.717) is 5.56 Å². The highest BCUT2D eigenvalue weighted by atomic mass is 31.2. The topological polar surface area (TPSA) is 254 Å². The number of nitrogens with one attached hydrogen (secondary N) is 2. The van der Waals surface area contributed by atoms with Gasteiger partial charge in [0.05, 0.1) is 6.61 Å². The van der Waals surface area contributed by atoms with Crippen LogP contribution in [0.15, 0.2) is 24.3 Å². The molecule has 0 aliphatic carbocycles. The van der Waals surface area contributed by atoms with Crippen LogP contribution in [0.3, 0.4) is 0 Å². The summed E-state index contributed by atoms with van der Waals surface area (Å²) < 4.78 is 20.8. The zero-order valence-electron chi connectivity index (χ0n) is 14.0. The number of phenols is 1. The first kappa shape index (κ1) is 26.1. The molecule has 14 nitrogen and oxygen atoms in total. The summed E-state index contributed by atoms with van der Waals surface area (Å²) in [5, 5.41) is 37.4. The van der Waals surface area contributed by atoms with E-state index >= 15 is 0 Å². The molecule has 1 aromatic rings. The van der Waals surface area contributed by atoms with Gasteiger partial charge in [-0.2, -0.15) is 0 Å². The van der Waals surface area contributed by atoms with Crippen LogP contribution in [0.4, 0.5) is 0 Å². The molecule has 10 N–H and O–H groups in total. The molecule has 28 heavy (non-hydrogen) atoms. The van der Waals surface area contributed by atoms with Gasteiger partial charge >= 0.3 is 27.4 Å². The van der Waals surface area contributed by atoms with Gasteiger partial charge in [0.1, 0.15) is 17.8 Å². The van der Waals surface area contributed by atoms with E-state index in [1.807, 2.05) is 0 Å². The van der Waals surface area contributed by atoms with E-state index in [1.54, 1.807) is 5.09 Å². The summed E-state index contributed by atoms with van der Waals surface area (Å²) in [5.41, 5.74) is 0.538. The lowest BCUT2D eigenvalue weighted by molar-refractivity contribution is -0.140. The first-order valence-corrected chi connectivity index (χ1v) is 10.4. The van der Waals surface area contributed by atoms with Crippen LogP contribution in [0.25, 0.3) is 0 Å². The highest BCUT2D eigenvalue weighted by Crippen LogP contribution is 2.30. The Labute approximate surface area is 157 Å². The van der Waals surface area contributed by atoms with Crippen molar-refractivity contribution in [3.05, 3.63) is 29.8 Å². The number of aliphatic carboxylic acids is 2. The van der Waals surface area contributed by atoms with Crippen LogP contribution in [-0.2, 0) is 25.1 Å². The lowest BCUT2D eigenvalue weighted by atomic mass is 10.1. The van der Waals surface area contributed by atoms with Gasteiger partial charge in [-0.1, -0.05) is 12.1 Å². The van der Waals surface area contributed by atoms with Crippen molar-refractivity contribution < 1.29 is 58.7 Å². The number of aliphatic hydroxyl groups excluding tert-OH is 1. The van der Waals surface area contributed by atoms with Crippen molar-refractivity contribution in [2.75, 3.05) is 6.61 Å². The number of carbonyl (C=O) groups is 2. The number of carboxylic acid groups (broad SMARTS) is 2. The Morgan fingerprint density at radius 2 is 1.25 bits per heavy atom. The summed E-state index contributed by atoms with van der Waals surface area (Å²) in [6.07, 6.45) is -0.0965. The van der Waals surface area contributed by atoms with Crippen molar-refractivity contribution in [2.45, 2.75) is 18.5 Å². The number of hydrogen-bond donors (Lipinski definition) is 10. The minimum absolute atomic E-state index is 0.0311. The van der Waals surface area contributed by atoms with Crippen molar-refractivity contribution in [3.63, 3.8) is 0 Å². The molecule has 16 heteroatoms. The predicted molar refractivity (Wildman–Crippen MR) is 92.1 cm³/mol. The monoisotopic (exact) mass is 446 g/mol. The van der Waals surface area contributed by atoms with E-state index in [0.717, 1.165) is 0 Å². The van der Waals surface area contributed by atoms with Crippen molar-refractivity contribution in [3.8, 4) is 5.75 Å². The molecule has 0 radical (unpaired) electrons. The molecule has 0 heterocycles. The van der Waals surface area contributed by atoms with Crippen molar-refractivity contribution in [1.82, 2.24) is 10.2 Å². The number of phenolic OH excluding ortho intramolecular Hbond substituents is 1. The second kappa shape index (κ2) is 11.2. The molecular formula is C12H20N2O12P2. The Bertz CT molecular complexity index is 743. The number of aliphatic hydroxyl groups is 1. The fraction of sp³-hybridized carbons (Fsp3) is 0.333. The summed E-state index contributed by atoms with van der Waals surface area (Å²) in [7, 11) is -9.19. The molecule has 0 bridgehead atoms. The van der Waals surface area contributed by atoms with E-state index in [2.05, 4.69) is 0 Å². The quantitative estimate of drug-likeness (QED) is 0.188. The van der Waals surface area contributed by atoms with Gasteiger partial charge in [0.15, 0.2) is 0 Å². The molecule has 0 saturated heterocycles. The van der Waals surface area contributed by atoms with Crippen LogP contribution >= 0.6 is 15.5 Å². The lowest BCUT2D eigenvalue weighted by Crippen LogP contribution is -2.37. The summed E-state index contributed by atoms with van der Waals surface area (Å²) in [5.74, 6) is -2.85. The van der Waals surface area contributed by atoms with Crippen LogP contribution in [-0.4, -0.2) is 70.6 Å². The van der Waals surface area contributed by atoms with E-state index in [-0.39, 0.29) is 12.2 Å². The Morgan fingerprint density at radius 1 is 0.857 bits per heavy atom. The molecule has 160 valence electrons. The molecule has 0 spiro atoms. The summed E-state index contributed by atoms with van der Waals surface area (Å²) >= 11 is 0. The van der Waals surface area contributed by atoms with Gasteiger partial charge < -0.3 is 40.0 Å². The van der Waals surface area contributed by atoms with Crippen LogP contribution in [0, 0.1) is 0 Å². The first-order valence-electron chi connectivity index (χ1n) is 7.15. The highest BCUT2D eigenvalue weighted by molar-refractivity contribution is 7.49. The largest absolute Gasteiger partial charge is 0.508 e. The van der Waals surface area contributed by atoms with Crippen LogP contribution in [0.5, 0.6) is 5.75 Å². The third kappa shape index (κ3) is 12.5. The fourth-order valence-corrected chi connectivity index (χ4v) is 2.84. The number of aromatic hydroxyl groups is 1. The second-order valence-electron chi connectivity index (χ2n) is 5.18. The Morgan fingerprint density at radius 3 is 1.54 bits per heavy atom. The Balaban J connectivity index is 0.000000576. The summed E-state index contributed by atoms with van der Waals surface area (Å²) in [4.78, 5) is 54.5. The molecule has 2 atom stereocenters. The maximum Gasteiger partial charge on any atom is 0.401 e. The maximum absolute atomic E-state index is 10.8. The van der Waals surface area contributed by atoms with Crippen LogP contribution < -0.4 is 10.2 Å². The minimum atomic E-state index is -4.60. The van der Waals surface area contributed by atoms with Gasteiger partial charge in [0.2, 0.25) is 0 Å². The van der Waals surface area contributed by atoms with Crippen molar-refractivity contribution in [2.24, 2.45) is 0 Å². The van der Waals surface area contributed by atoms with Gasteiger partial charge in [-0.3, -0.25) is 9.59 Å². The Kier molecular flexibility index (Phi) is 10.5. The zero-order valence-corrected chi connectivity index (χ0v) is 15.8. The summed E-state index contributed by atoms with van der Waals surface area (Å²) in [6, 6.07) is 2.67. The molecule has 0 fully saturated rings. The van der Waals surface area contributed by atoms with E-state index in [9.17, 15) is 18.7 Å². The van der Waals surface area contributed by atoms with Gasteiger partial charge in [-0.25, -0.2) is 19.3 Å². The summed E-state index contributed by atoms with van der Waals surface area (Å²) in [6.45, 7) is -0.875. The highest BCUT2D eigenvalue weighted by Gasteiger charge is 2.26. The minimum Gasteiger partial charge on any atom is -0.508 e. The molecule has 2 unspecified atom stereocenters. The lowest BCUT2D eigenvalue weighted by Gasteiger charge is -2.15. The van der Waals surface area contributed by atoms with Crippen molar-refractivity contribution in [1.29, 1.82) is 0 Å². The van der Waals surface area contributed by atoms with Gasteiger partial charge in [0.25, 0.3) is 0 Å². The smallest absolute Gasteiger partial charge is 0.401 e. The van der Waals surface area contributed by atoms with Gasteiger partial charge in [-0.05, 0) is 24.1 Å². The third-order valence-electron chi connectivity index (χ3n) is 2.80. The van der Waals surface area contributed by atoms with E-state index in [1.165, 1.54) is 29.4 Å². The van der Waals surface area contributed by atoms with Crippen LogP contribution in [0.2, 0.25) is 0 Å². The average molecular weight is 446 g/mol. The Hall–Kier alpha value is -1.86. The molecule has 1 rings (SSSR count). The number of rotatable bonds is 9. The van der Waals surface area contributed by atoms with E-state index < -0.39 is 46.1 Å². The normalized spacial score (nSPS) is 13.8. The number of carboxylic acids is 2. The van der Waals surface area contributed by atoms with Crippen LogP contribution in [0.1, 0.15) is 5.56 Å². The molecule has 0 saturated carbocycles. The molecule has 0 aromatic heterocycles. The van der Waals surface area contributed by atoms with Crippen molar-refractivity contribution >= 4 is 27.4 Å². The predicted octanol–water partition coefficient (Wildman–Crippen LogP) is -1.82. The second-order valence-corrected chi connectivity index (χ2v) is 7.87.